The lowest BCUT2D eigenvalue weighted by Gasteiger charge is -2.11. The molecule has 0 radical (unpaired) electrons. The first-order chi connectivity index (χ1) is 9.13. The first kappa shape index (κ1) is 13.2. The van der Waals surface area contributed by atoms with Gasteiger partial charge in [0.2, 0.25) is 5.91 Å². The minimum absolute atomic E-state index is 0.00587. The average Bonchev–Trinajstić information content (AvgIpc) is 2.40. The van der Waals surface area contributed by atoms with E-state index in [-0.39, 0.29) is 18.1 Å². The number of benzene rings is 1. The molecule has 0 unspecified atom stereocenters. The summed E-state index contributed by atoms with van der Waals surface area (Å²) >= 11 is 0. The number of aliphatic hydroxyl groups is 1. The quantitative estimate of drug-likeness (QED) is 0.835. The smallest absolute Gasteiger partial charge is 0.291 e. The van der Waals surface area contributed by atoms with Gasteiger partial charge in [-0.3, -0.25) is 15.0 Å². The van der Waals surface area contributed by atoms with E-state index in [4.69, 9.17) is 5.11 Å². The van der Waals surface area contributed by atoms with Crippen molar-refractivity contribution >= 4 is 16.9 Å². The molecule has 100 valence electrons. The number of aryl methyl sites for hydroxylation is 1. The minimum atomic E-state index is -0.359. The normalized spacial score (nSPS) is 10.6. The number of carbonyl (C=O) groups excluding carboxylic acids is 1. The molecule has 0 aliphatic carbocycles. The number of nitrogens with zero attached hydrogens (tertiary/aromatic N) is 2. The van der Waals surface area contributed by atoms with Gasteiger partial charge in [0, 0.05) is 13.5 Å². The third kappa shape index (κ3) is 2.79. The zero-order valence-corrected chi connectivity index (χ0v) is 10.6. The number of carbonyl (C=O) groups is 1. The van der Waals surface area contributed by atoms with Crippen LogP contribution < -0.4 is 11.0 Å². The van der Waals surface area contributed by atoms with Gasteiger partial charge in [0.15, 0.2) is 0 Å². The van der Waals surface area contributed by atoms with E-state index in [1.54, 1.807) is 18.2 Å². The second kappa shape index (κ2) is 5.62. The molecule has 6 heteroatoms. The van der Waals surface area contributed by atoms with Crippen LogP contribution in [0.3, 0.4) is 0 Å². The van der Waals surface area contributed by atoms with Crippen LogP contribution in [0.2, 0.25) is 0 Å². The van der Waals surface area contributed by atoms with E-state index in [1.807, 2.05) is 6.07 Å². The van der Waals surface area contributed by atoms with Gasteiger partial charge in [-0.25, -0.2) is 9.66 Å². The summed E-state index contributed by atoms with van der Waals surface area (Å²) < 4.78 is 1.21. The second-order valence-electron chi connectivity index (χ2n) is 4.18. The van der Waals surface area contributed by atoms with Gasteiger partial charge in [0.05, 0.1) is 11.0 Å². The van der Waals surface area contributed by atoms with Gasteiger partial charge in [-0.1, -0.05) is 12.1 Å². The molecule has 0 saturated carbocycles. The average molecular weight is 261 g/mol. The van der Waals surface area contributed by atoms with Gasteiger partial charge >= 0.3 is 0 Å². The Morgan fingerprint density at radius 1 is 1.42 bits per heavy atom. The Bertz CT molecular complexity index is 664. The summed E-state index contributed by atoms with van der Waals surface area (Å²) in [6.45, 7) is 1.34. The molecule has 0 aliphatic rings. The summed E-state index contributed by atoms with van der Waals surface area (Å²) in [7, 11) is 0. The van der Waals surface area contributed by atoms with E-state index < -0.39 is 0 Å². The highest BCUT2D eigenvalue weighted by Gasteiger charge is 2.11. The van der Waals surface area contributed by atoms with Crippen LogP contribution in [0.5, 0.6) is 0 Å². The van der Waals surface area contributed by atoms with Crippen molar-refractivity contribution < 1.29 is 9.90 Å². The molecule has 2 rings (SSSR count). The molecular formula is C13H15N3O3. The Labute approximate surface area is 109 Å². The maximum Gasteiger partial charge on any atom is 0.291 e. The van der Waals surface area contributed by atoms with Crippen molar-refractivity contribution in [2.45, 2.75) is 19.8 Å². The third-order valence-electron chi connectivity index (χ3n) is 2.67. The first-order valence-electron chi connectivity index (χ1n) is 6.02. The van der Waals surface area contributed by atoms with Crippen molar-refractivity contribution in [3.63, 3.8) is 0 Å². The second-order valence-corrected chi connectivity index (χ2v) is 4.18. The van der Waals surface area contributed by atoms with Crippen molar-refractivity contribution in [3.05, 3.63) is 40.3 Å². The Morgan fingerprint density at radius 3 is 2.84 bits per heavy atom. The highest BCUT2D eigenvalue weighted by molar-refractivity contribution is 5.84. The fourth-order valence-electron chi connectivity index (χ4n) is 1.86. The number of fused-ring (bicyclic) bond motifs is 1. The molecular weight excluding hydrogens is 246 g/mol. The van der Waals surface area contributed by atoms with Crippen LogP contribution in [0.4, 0.5) is 0 Å². The summed E-state index contributed by atoms with van der Waals surface area (Å²) in [6.07, 6.45) is 0.834. The number of aromatic nitrogens is 2. The van der Waals surface area contributed by atoms with E-state index >= 15 is 0 Å². The van der Waals surface area contributed by atoms with Crippen molar-refractivity contribution in [2.24, 2.45) is 0 Å². The Morgan fingerprint density at radius 2 is 2.16 bits per heavy atom. The molecule has 0 spiro atoms. The topological polar surface area (TPSA) is 84.2 Å². The van der Waals surface area contributed by atoms with Crippen LogP contribution in [0.1, 0.15) is 19.0 Å². The van der Waals surface area contributed by atoms with Crippen LogP contribution in [0.25, 0.3) is 11.0 Å². The molecule has 1 amide bonds. The third-order valence-corrected chi connectivity index (χ3v) is 2.67. The molecule has 0 bridgehead atoms. The van der Waals surface area contributed by atoms with Gasteiger partial charge in [0.1, 0.15) is 5.69 Å². The lowest BCUT2D eigenvalue weighted by molar-refractivity contribution is -0.115. The monoisotopic (exact) mass is 261 g/mol. The van der Waals surface area contributed by atoms with Crippen molar-refractivity contribution in [1.82, 2.24) is 9.66 Å². The molecule has 1 aromatic carbocycles. The fourth-order valence-corrected chi connectivity index (χ4v) is 1.86. The minimum Gasteiger partial charge on any atom is -0.396 e. The van der Waals surface area contributed by atoms with Gasteiger partial charge in [-0.05, 0) is 25.0 Å². The van der Waals surface area contributed by atoms with Crippen LogP contribution in [-0.4, -0.2) is 27.3 Å². The predicted octanol–water partition coefficient (Wildman–Crippen LogP) is 0.411. The summed E-state index contributed by atoms with van der Waals surface area (Å²) in [5.41, 5.74) is 3.65. The lowest BCUT2D eigenvalue weighted by atomic mass is 10.2. The summed E-state index contributed by atoms with van der Waals surface area (Å²) in [5, 5.41) is 8.84. The van der Waals surface area contributed by atoms with Gasteiger partial charge < -0.3 is 5.11 Å². The molecule has 1 heterocycles. The molecule has 6 nitrogen and oxygen atoms in total. The van der Waals surface area contributed by atoms with Crippen LogP contribution in [0.15, 0.2) is 29.1 Å². The van der Waals surface area contributed by atoms with E-state index in [0.717, 1.165) is 0 Å². The fraction of sp³-hybridized carbons (Fsp3) is 0.308. The van der Waals surface area contributed by atoms with Crippen LogP contribution >= 0.6 is 0 Å². The number of para-hydroxylation sites is 2. The number of rotatable bonds is 4. The maximum atomic E-state index is 12.2. The molecule has 19 heavy (non-hydrogen) atoms. The highest BCUT2D eigenvalue weighted by Crippen LogP contribution is 2.09. The summed E-state index contributed by atoms with van der Waals surface area (Å²) in [4.78, 5) is 27.7. The molecule has 0 fully saturated rings. The van der Waals surface area contributed by atoms with E-state index in [2.05, 4.69) is 10.4 Å². The van der Waals surface area contributed by atoms with Crippen molar-refractivity contribution in [2.75, 3.05) is 12.0 Å². The van der Waals surface area contributed by atoms with Crippen molar-refractivity contribution in [1.29, 1.82) is 0 Å². The Hall–Kier alpha value is -2.21. The Kier molecular flexibility index (Phi) is 3.91. The summed E-state index contributed by atoms with van der Waals surface area (Å²) in [5.74, 6) is -0.327. The standard InChI is InChI=1S/C13H15N3O3/c1-9(18)15-16-12-7-3-2-5-10(12)14-11(13(16)19)6-4-8-17/h2-3,5,7,17H,4,6,8H2,1H3,(H,15,18). The molecule has 2 aromatic rings. The lowest BCUT2D eigenvalue weighted by Crippen LogP contribution is -2.34. The first-order valence-corrected chi connectivity index (χ1v) is 6.02. The van der Waals surface area contributed by atoms with Gasteiger partial charge in [-0.2, -0.15) is 0 Å². The van der Waals surface area contributed by atoms with E-state index in [0.29, 0.717) is 29.6 Å². The molecule has 0 aliphatic heterocycles. The number of hydrogen-bond donors (Lipinski definition) is 2. The maximum absolute atomic E-state index is 12.2. The number of aliphatic hydroxyl groups excluding tert-OH is 1. The molecule has 2 N–H and O–H groups in total. The van der Waals surface area contributed by atoms with Gasteiger partial charge in [-0.15, -0.1) is 0 Å². The molecule has 1 aromatic heterocycles. The SMILES string of the molecule is CC(=O)Nn1c(=O)c(CCCO)nc2ccccc21. The molecule has 0 atom stereocenters. The Balaban J connectivity index is 2.62. The largest absolute Gasteiger partial charge is 0.396 e. The van der Waals surface area contributed by atoms with Crippen LogP contribution in [-0.2, 0) is 11.2 Å². The zero-order valence-electron chi connectivity index (χ0n) is 10.6. The van der Waals surface area contributed by atoms with E-state index in [9.17, 15) is 9.59 Å². The zero-order chi connectivity index (χ0) is 13.8. The highest BCUT2D eigenvalue weighted by atomic mass is 16.3. The van der Waals surface area contributed by atoms with Crippen LogP contribution in [0, 0.1) is 0 Å². The number of hydrogen-bond acceptors (Lipinski definition) is 4. The van der Waals surface area contributed by atoms with Crippen molar-refractivity contribution in [3.8, 4) is 0 Å². The summed E-state index contributed by atoms with van der Waals surface area (Å²) in [6, 6.07) is 7.08. The molecule has 0 saturated heterocycles. The predicted molar refractivity (Wildman–Crippen MR) is 71.5 cm³/mol. The number of amides is 1. The van der Waals surface area contributed by atoms with E-state index in [1.165, 1.54) is 11.6 Å². The number of nitrogens with one attached hydrogen (secondary N) is 1. The van der Waals surface area contributed by atoms with Gasteiger partial charge in [0.25, 0.3) is 5.56 Å².